The van der Waals surface area contributed by atoms with E-state index in [1.165, 1.54) is 12.1 Å². The first-order chi connectivity index (χ1) is 11.5. The van der Waals surface area contributed by atoms with Gasteiger partial charge in [-0.2, -0.15) is 5.10 Å². The summed E-state index contributed by atoms with van der Waals surface area (Å²) in [5.74, 6) is -0.636. The van der Waals surface area contributed by atoms with Crippen LogP contribution >= 0.6 is 0 Å². The first-order valence-corrected chi connectivity index (χ1v) is 7.35. The summed E-state index contributed by atoms with van der Waals surface area (Å²) in [6.07, 6.45) is 3.55. The molecule has 0 aliphatic rings. The van der Waals surface area contributed by atoms with Gasteiger partial charge in [-0.15, -0.1) is 0 Å². The number of hydrogen-bond acceptors (Lipinski definition) is 4. The van der Waals surface area contributed by atoms with Gasteiger partial charge < -0.3 is 5.32 Å². The Morgan fingerprint density at radius 1 is 1.25 bits per heavy atom. The molecule has 1 heterocycles. The second-order valence-electron chi connectivity index (χ2n) is 5.33. The van der Waals surface area contributed by atoms with Crippen molar-refractivity contribution in [1.82, 2.24) is 9.78 Å². The lowest BCUT2D eigenvalue weighted by atomic mass is 10.1. The predicted octanol–water partition coefficient (Wildman–Crippen LogP) is 4.09. The van der Waals surface area contributed by atoms with Crippen molar-refractivity contribution < 1.29 is 9.31 Å². The summed E-state index contributed by atoms with van der Waals surface area (Å²) in [5.41, 5.74) is 1.87. The summed E-state index contributed by atoms with van der Waals surface area (Å²) in [5, 5.41) is 18.3. The normalized spacial score (nSPS) is 11.9. The van der Waals surface area contributed by atoms with Gasteiger partial charge in [0.15, 0.2) is 0 Å². The second-order valence-corrected chi connectivity index (χ2v) is 5.33. The maximum Gasteiger partial charge on any atom is 0.295 e. The Balaban J connectivity index is 1.80. The molecule has 0 saturated carbocycles. The van der Waals surface area contributed by atoms with Crippen molar-refractivity contribution in [3.63, 3.8) is 0 Å². The van der Waals surface area contributed by atoms with Gasteiger partial charge in [-0.1, -0.05) is 12.1 Å². The molecule has 6 nitrogen and oxygen atoms in total. The van der Waals surface area contributed by atoms with Gasteiger partial charge >= 0.3 is 0 Å². The first kappa shape index (κ1) is 15.7. The Kier molecular flexibility index (Phi) is 4.24. The van der Waals surface area contributed by atoms with Gasteiger partial charge in [0.25, 0.3) is 5.69 Å². The summed E-state index contributed by atoms with van der Waals surface area (Å²) < 4.78 is 14.9. The Hall–Kier alpha value is -3.22. The molecule has 1 unspecified atom stereocenters. The average molecular weight is 326 g/mol. The van der Waals surface area contributed by atoms with E-state index in [0.29, 0.717) is 0 Å². The fourth-order valence-electron chi connectivity index (χ4n) is 2.43. The van der Waals surface area contributed by atoms with Crippen LogP contribution in [0.3, 0.4) is 0 Å². The average Bonchev–Trinajstić information content (AvgIpc) is 3.11. The number of nitro groups is 1. The largest absolute Gasteiger partial charge is 0.373 e. The van der Waals surface area contributed by atoms with Crippen LogP contribution in [0.2, 0.25) is 0 Å². The minimum absolute atomic E-state index is 0.180. The van der Waals surface area contributed by atoms with Gasteiger partial charge in [-0.05, 0) is 42.8 Å². The summed E-state index contributed by atoms with van der Waals surface area (Å²) >= 11 is 0. The number of halogens is 1. The van der Waals surface area contributed by atoms with Gasteiger partial charge in [-0.25, -0.2) is 9.07 Å². The fourth-order valence-corrected chi connectivity index (χ4v) is 2.43. The highest BCUT2D eigenvalue weighted by atomic mass is 19.1. The summed E-state index contributed by atoms with van der Waals surface area (Å²) in [6, 6.07) is 12.8. The molecule has 0 spiro atoms. The third kappa shape index (κ3) is 3.24. The lowest BCUT2D eigenvalue weighted by molar-refractivity contribution is -0.384. The maximum absolute atomic E-state index is 13.2. The molecule has 3 aromatic rings. The van der Waals surface area contributed by atoms with E-state index in [-0.39, 0.29) is 17.4 Å². The molecular weight excluding hydrogens is 311 g/mol. The van der Waals surface area contributed by atoms with Crippen LogP contribution in [0.15, 0.2) is 60.9 Å². The molecule has 3 rings (SSSR count). The zero-order valence-electron chi connectivity index (χ0n) is 12.9. The van der Waals surface area contributed by atoms with E-state index in [0.717, 1.165) is 17.3 Å². The Morgan fingerprint density at radius 2 is 2.00 bits per heavy atom. The van der Waals surface area contributed by atoms with Crippen molar-refractivity contribution in [3.8, 4) is 5.69 Å². The van der Waals surface area contributed by atoms with E-state index in [9.17, 15) is 14.5 Å². The number of anilines is 1. The third-order valence-corrected chi connectivity index (χ3v) is 3.69. The highest BCUT2D eigenvalue weighted by molar-refractivity contribution is 5.62. The van der Waals surface area contributed by atoms with Gasteiger partial charge in [0.2, 0.25) is 0 Å². The summed E-state index contributed by atoms with van der Waals surface area (Å²) in [4.78, 5) is 10.5. The third-order valence-electron chi connectivity index (χ3n) is 3.69. The van der Waals surface area contributed by atoms with Crippen LogP contribution in [-0.2, 0) is 0 Å². The van der Waals surface area contributed by atoms with E-state index < -0.39 is 10.7 Å². The van der Waals surface area contributed by atoms with Crippen molar-refractivity contribution in [3.05, 3.63) is 82.4 Å². The molecule has 0 aliphatic heterocycles. The van der Waals surface area contributed by atoms with Gasteiger partial charge in [0.05, 0.1) is 16.7 Å². The molecule has 122 valence electrons. The van der Waals surface area contributed by atoms with Crippen molar-refractivity contribution in [2.24, 2.45) is 0 Å². The van der Waals surface area contributed by atoms with E-state index in [2.05, 4.69) is 10.4 Å². The fraction of sp³-hybridized carbons (Fsp3) is 0.118. The van der Waals surface area contributed by atoms with Crippen LogP contribution in [-0.4, -0.2) is 14.7 Å². The molecule has 0 bridgehead atoms. The van der Waals surface area contributed by atoms with Crippen molar-refractivity contribution in [1.29, 1.82) is 0 Å². The van der Waals surface area contributed by atoms with Crippen molar-refractivity contribution in [2.45, 2.75) is 13.0 Å². The Labute approximate surface area is 137 Å². The molecule has 0 aliphatic carbocycles. The highest BCUT2D eigenvalue weighted by Crippen LogP contribution is 2.29. The van der Waals surface area contributed by atoms with E-state index in [1.807, 2.05) is 43.5 Å². The first-order valence-electron chi connectivity index (χ1n) is 7.35. The zero-order valence-corrected chi connectivity index (χ0v) is 12.9. The van der Waals surface area contributed by atoms with Crippen LogP contribution in [0, 0.1) is 15.9 Å². The van der Waals surface area contributed by atoms with E-state index >= 15 is 0 Å². The van der Waals surface area contributed by atoms with E-state index in [1.54, 1.807) is 10.9 Å². The Morgan fingerprint density at radius 3 is 2.62 bits per heavy atom. The number of nitrogens with zero attached hydrogens (tertiary/aromatic N) is 3. The number of nitrogens with one attached hydrogen (secondary N) is 1. The SMILES string of the molecule is CC(Nc1ccc(F)cc1[N+](=O)[O-])c1ccc(-n2cccn2)cc1. The molecule has 0 saturated heterocycles. The number of nitro benzene ring substituents is 1. The zero-order chi connectivity index (χ0) is 17.1. The standard InChI is InChI=1S/C17H15FN4O2/c1-12(20-16-8-5-14(18)11-17(16)22(23)24)13-3-6-15(7-4-13)21-10-2-9-19-21/h2-12,20H,1H3. The topological polar surface area (TPSA) is 73.0 Å². The lowest BCUT2D eigenvalue weighted by Gasteiger charge is -2.16. The van der Waals surface area contributed by atoms with Crippen molar-refractivity contribution in [2.75, 3.05) is 5.32 Å². The number of hydrogen-bond donors (Lipinski definition) is 1. The van der Waals surface area contributed by atoms with E-state index in [4.69, 9.17) is 0 Å². The molecule has 0 radical (unpaired) electrons. The van der Waals surface area contributed by atoms with Crippen LogP contribution in [0.5, 0.6) is 0 Å². The number of rotatable bonds is 5. The molecule has 24 heavy (non-hydrogen) atoms. The van der Waals surface area contributed by atoms with Crippen LogP contribution in [0.1, 0.15) is 18.5 Å². The molecule has 2 aromatic carbocycles. The smallest absolute Gasteiger partial charge is 0.295 e. The molecule has 7 heteroatoms. The lowest BCUT2D eigenvalue weighted by Crippen LogP contribution is -2.09. The minimum Gasteiger partial charge on any atom is -0.373 e. The molecule has 1 atom stereocenters. The predicted molar refractivity (Wildman–Crippen MR) is 88.7 cm³/mol. The van der Waals surface area contributed by atoms with Crippen LogP contribution in [0.25, 0.3) is 5.69 Å². The molecule has 0 amide bonds. The quantitative estimate of drug-likeness (QED) is 0.566. The number of benzene rings is 2. The number of aromatic nitrogens is 2. The van der Waals surface area contributed by atoms with Gasteiger partial charge in [-0.3, -0.25) is 10.1 Å². The Bertz CT molecular complexity index is 848. The minimum atomic E-state index is -0.636. The van der Waals surface area contributed by atoms with Gasteiger partial charge in [0.1, 0.15) is 11.5 Å². The van der Waals surface area contributed by atoms with Gasteiger partial charge in [0, 0.05) is 18.4 Å². The molecule has 1 aromatic heterocycles. The maximum atomic E-state index is 13.2. The summed E-state index contributed by atoms with van der Waals surface area (Å²) in [6.45, 7) is 1.88. The highest BCUT2D eigenvalue weighted by Gasteiger charge is 2.17. The van der Waals surface area contributed by atoms with Crippen LogP contribution in [0.4, 0.5) is 15.8 Å². The summed E-state index contributed by atoms with van der Waals surface area (Å²) in [7, 11) is 0. The van der Waals surface area contributed by atoms with Crippen LogP contribution < -0.4 is 5.32 Å². The monoisotopic (exact) mass is 326 g/mol. The molecular formula is C17H15FN4O2. The molecule has 1 N–H and O–H groups in total. The molecule has 0 fully saturated rings. The second kappa shape index (κ2) is 6.49. The van der Waals surface area contributed by atoms with Crippen molar-refractivity contribution >= 4 is 11.4 Å².